The Morgan fingerprint density at radius 2 is 1.82 bits per heavy atom. The van der Waals surface area contributed by atoms with Crippen LogP contribution in [0.25, 0.3) is 0 Å². The molecule has 1 N–H and O–H groups in total. The number of likely N-dealkylation sites (N-methyl/N-ethyl adjacent to an activating group) is 1. The lowest BCUT2D eigenvalue weighted by Gasteiger charge is -2.35. The molecule has 0 aromatic heterocycles. The van der Waals surface area contributed by atoms with E-state index in [1.165, 1.54) is 5.69 Å². The summed E-state index contributed by atoms with van der Waals surface area (Å²) in [6.45, 7) is 7.88. The molecule has 1 aliphatic heterocycles. The van der Waals surface area contributed by atoms with E-state index in [1.807, 2.05) is 12.1 Å². The third kappa shape index (κ3) is 5.10. The molecule has 2 aromatic rings. The van der Waals surface area contributed by atoms with E-state index in [9.17, 15) is 4.79 Å². The van der Waals surface area contributed by atoms with E-state index in [-0.39, 0.29) is 5.91 Å². The first-order chi connectivity index (χ1) is 13.3. The zero-order valence-corrected chi connectivity index (χ0v) is 17.8. The van der Waals surface area contributed by atoms with Gasteiger partial charge in [0.15, 0.2) is 6.10 Å². The average Bonchev–Trinajstić information content (AvgIpc) is 2.65. The standard InChI is InChI=1S/C21H25Cl2N3O2/c1-14-12-17(5-6-19(14)26-10-8-25(3)9-11-26)24-21(27)15(2)28-20-7-4-16(22)13-18(20)23/h4-7,12-13,15H,8-11H2,1-3H3,(H,24,27). The Morgan fingerprint density at radius 3 is 2.46 bits per heavy atom. The molecule has 0 bridgehead atoms. The summed E-state index contributed by atoms with van der Waals surface area (Å²) in [5.41, 5.74) is 3.10. The normalized spacial score (nSPS) is 16.0. The van der Waals surface area contributed by atoms with E-state index in [1.54, 1.807) is 25.1 Å². The number of nitrogens with one attached hydrogen (secondary N) is 1. The van der Waals surface area contributed by atoms with Gasteiger partial charge in [-0.2, -0.15) is 0 Å². The van der Waals surface area contributed by atoms with Crippen LogP contribution < -0.4 is 15.0 Å². The molecule has 0 spiro atoms. The molecule has 1 fully saturated rings. The molecular weight excluding hydrogens is 397 g/mol. The van der Waals surface area contributed by atoms with Crippen molar-refractivity contribution in [3.05, 3.63) is 52.0 Å². The second-order valence-electron chi connectivity index (χ2n) is 7.12. The van der Waals surface area contributed by atoms with Crippen LogP contribution in [0, 0.1) is 6.92 Å². The quantitative estimate of drug-likeness (QED) is 0.773. The summed E-state index contributed by atoms with van der Waals surface area (Å²) < 4.78 is 5.68. The first-order valence-electron chi connectivity index (χ1n) is 9.30. The van der Waals surface area contributed by atoms with Crippen molar-refractivity contribution in [2.75, 3.05) is 43.4 Å². The molecule has 1 atom stereocenters. The lowest BCUT2D eigenvalue weighted by molar-refractivity contribution is -0.122. The van der Waals surface area contributed by atoms with E-state index < -0.39 is 6.10 Å². The monoisotopic (exact) mass is 421 g/mol. The maximum atomic E-state index is 12.5. The van der Waals surface area contributed by atoms with Crippen LogP contribution in [-0.4, -0.2) is 50.1 Å². The van der Waals surface area contributed by atoms with Crippen molar-refractivity contribution >= 4 is 40.5 Å². The van der Waals surface area contributed by atoms with Crippen LogP contribution in [0.2, 0.25) is 10.0 Å². The molecule has 0 radical (unpaired) electrons. The summed E-state index contributed by atoms with van der Waals surface area (Å²) in [6, 6.07) is 10.9. The highest BCUT2D eigenvalue weighted by molar-refractivity contribution is 6.35. The Kier molecular flexibility index (Phi) is 6.70. The third-order valence-electron chi connectivity index (χ3n) is 4.88. The van der Waals surface area contributed by atoms with Gasteiger partial charge >= 0.3 is 0 Å². The van der Waals surface area contributed by atoms with Crippen LogP contribution >= 0.6 is 23.2 Å². The minimum atomic E-state index is -0.698. The van der Waals surface area contributed by atoms with Crippen LogP contribution in [0.4, 0.5) is 11.4 Å². The molecular formula is C21H25Cl2N3O2. The number of carbonyl (C=O) groups is 1. The van der Waals surface area contributed by atoms with Gasteiger partial charge in [-0.1, -0.05) is 23.2 Å². The van der Waals surface area contributed by atoms with Gasteiger partial charge in [0.05, 0.1) is 5.02 Å². The maximum absolute atomic E-state index is 12.5. The van der Waals surface area contributed by atoms with Gasteiger partial charge in [-0.3, -0.25) is 4.79 Å². The lowest BCUT2D eigenvalue weighted by Crippen LogP contribution is -2.44. The number of amides is 1. The summed E-state index contributed by atoms with van der Waals surface area (Å²) in [4.78, 5) is 17.2. The molecule has 2 aromatic carbocycles. The zero-order chi connectivity index (χ0) is 20.3. The fourth-order valence-corrected chi connectivity index (χ4v) is 3.65. The molecule has 1 saturated heterocycles. The summed E-state index contributed by atoms with van der Waals surface area (Å²) in [6.07, 6.45) is -0.698. The number of rotatable bonds is 5. The molecule has 3 rings (SSSR count). The Labute approximate surface area is 176 Å². The number of nitrogens with zero attached hydrogens (tertiary/aromatic N) is 2. The van der Waals surface area contributed by atoms with Crippen molar-refractivity contribution in [2.24, 2.45) is 0 Å². The van der Waals surface area contributed by atoms with Gasteiger partial charge in [-0.05, 0) is 62.9 Å². The minimum Gasteiger partial charge on any atom is -0.479 e. The summed E-state index contributed by atoms with van der Waals surface area (Å²) in [5.74, 6) is 0.188. The maximum Gasteiger partial charge on any atom is 0.265 e. The van der Waals surface area contributed by atoms with Crippen LogP contribution in [0.15, 0.2) is 36.4 Å². The molecule has 1 heterocycles. The van der Waals surface area contributed by atoms with Crippen molar-refractivity contribution in [1.29, 1.82) is 0 Å². The highest BCUT2D eigenvalue weighted by Crippen LogP contribution is 2.29. The Hall–Kier alpha value is -1.95. The molecule has 28 heavy (non-hydrogen) atoms. The van der Waals surface area contributed by atoms with Gasteiger partial charge in [0.2, 0.25) is 0 Å². The summed E-state index contributed by atoms with van der Waals surface area (Å²) >= 11 is 12.0. The molecule has 1 amide bonds. The molecule has 1 aliphatic rings. The minimum absolute atomic E-state index is 0.238. The average molecular weight is 422 g/mol. The number of benzene rings is 2. The fourth-order valence-electron chi connectivity index (χ4n) is 3.19. The van der Waals surface area contributed by atoms with Gasteiger partial charge in [0, 0.05) is 42.6 Å². The Morgan fingerprint density at radius 1 is 1.11 bits per heavy atom. The van der Waals surface area contributed by atoms with E-state index in [0.29, 0.717) is 15.8 Å². The number of hydrogen-bond donors (Lipinski definition) is 1. The van der Waals surface area contributed by atoms with E-state index in [2.05, 4.69) is 35.2 Å². The summed E-state index contributed by atoms with van der Waals surface area (Å²) in [5, 5.41) is 3.80. The molecule has 0 saturated carbocycles. The highest BCUT2D eigenvalue weighted by Gasteiger charge is 2.19. The fraction of sp³-hybridized carbons (Fsp3) is 0.381. The number of ether oxygens (including phenoxy) is 1. The first-order valence-corrected chi connectivity index (χ1v) is 10.1. The SMILES string of the molecule is Cc1cc(NC(=O)C(C)Oc2ccc(Cl)cc2Cl)ccc1N1CCN(C)CC1. The van der Waals surface area contributed by atoms with Crippen molar-refractivity contribution in [3.63, 3.8) is 0 Å². The molecule has 150 valence electrons. The van der Waals surface area contributed by atoms with Crippen molar-refractivity contribution in [3.8, 4) is 5.75 Å². The number of carbonyl (C=O) groups excluding carboxylic acids is 1. The number of hydrogen-bond acceptors (Lipinski definition) is 4. The van der Waals surface area contributed by atoms with E-state index in [0.717, 1.165) is 37.4 Å². The van der Waals surface area contributed by atoms with Gasteiger partial charge < -0.3 is 19.9 Å². The van der Waals surface area contributed by atoms with E-state index in [4.69, 9.17) is 27.9 Å². The van der Waals surface area contributed by atoms with Gasteiger partial charge in [-0.25, -0.2) is 0 Å². The largest absolute Gasteiger partial charge is 0.479 e. The lowest BCUT2D eigenvalue weighted by atomic mass is 10.1. The van der Waals surface area contributed by atoms with E-state index >= 15 is 0 Å². The van der Waals surface area contributed by atoms with Crippen molar-refractivity contribution < 1.29 is 9.53 Å². The predicted octanol–water partition coefficient (Wildman–Crippen LogP) is 4.46. The number of aryl methyl sites for hydroxylation is 1. The second kappa shape index (κ2) is 9.03. The second-order valence-corrected chi connectivity index (χ2v) is 7.96. The van der Waals surface area contributed by atoms with Crippen molar-refractivity contribution in [1.82, 2.24) is 4.90 Å². The van der Waals surface area contributed by atoms with Crippen molar-refractivity contribution in [2.45, 2.75) is 20.0 Å². The molecule has 7 heteroatoms. The van der Waals surface area contributed by atoms with Gasteiger partial charge in [0.25, 0.3) is 5.91 Å². The molecule has 5 nitrogen and oxygen atoms in total. The van der Waals surface area contributed by atoms with Crippen LogP contribution in [0.5, 0.6) is 5.75 Å². The van der Waals surface area contributed by atoms with Crippen LogP contribution in [0.1, 0.15) is 12.5 Å². The number of piperazine rings is 1. The number of anilines is 2. The van der Waals surface area contributed by atoms with Gasteiger partial charge in [0.1, 0.15) is 5.75 Å². The zero-order valence-electron chi connectivity index (χ0n) is 16.3. The topological polar surface area (TPSA) is 44.8 Å². The Balaban J connectivity index is 1.62. The first kappa shape index (κ1) is 20.8. The third-order valence-corrected chi connectivity index (χ3v) is 5.41. The smallest absolute Gasteiger partial charge is 0.265 e. The molecule has 0 aliphatic carbocycles. The van der Waals surface area contributed by atoms with Crippen LogP contribution in [-0.2, 0) is 4.79 Å². The van der Waals surface area contributed by atoms with Gasteiger partial charge in [-0.15, -0.1) is 0 Å². The highest BCUT2D eigenvalue weighted by atomic mass is 35.5. The van der Waals surface area contributed by atoms with Crippen LogP contribution in [0.3, 0.4) is 0 Å². The Bertz CT molecular complexity index is 852. The predicted molar refractivity (Wildman–Crippen MR) is 116 cm³/mol. The summed E-state index contributed by atoms with van der Waals surface area (Å²) in [7, 11) is 2.14. The number of halogens is 2. The molecule has 1 unspecified atom stereocenters.